The molecule has 0 aliphatic carbocycles. The van der Waals surface area contributed by atoms with Crippen molar-refractivity contribution in [3.8, 4) is 0 Å². The van der Waals surface area contributed by atoms with Gasteiger partial charge in [-0.05, 0) is 50.1 Å². The van der Waals surface area contributed by atoms with Gasteiger partial charge in [0.15, 0.2) is 0 Å². The van der Waals surface area contributed by atoms with Crippen LogP contribution in [0.25, 0.3) is 0 Å². The van der Waals surface area contributed by atoms with Crippen molar-refractivity contribution in [2.75, 3.05) is 11.9 Å². The fourth-order valence-electron chi connectivity index (χ4n) is 2.49. The lowest BCUT2D eigenvalue weighted by Crippen LogP contribution is -2.25. The molecule has 1 aromatic heterocycles. The quantitative estimate of drug-likeness (QED) is 0.886. The third kappa shape index (κ3) is 4.18. The molecule has 1 heterocycles. The summed E-state index contributed by atoms with van der Waals surface area (Å²) in [5.41, 5.74) is 4.54. The number of rotatable bonds is 5. The normalized spacial score (nSPS) is 10.4. The van der Waals surface area contributed by atoms with E-state index in [2.05, 4.69) is 15.7 Å². The first-order valence-corrected chi connectivity index (χ1v) is 7.53. The van der Waals surface area contributed by atoms with Gasteiger partial charge in [-0.15, -0.1) is 0 Å². The molecule has 1 aromatic carbocycles. The fraction of sp³-hybridized carbons (Fsp3) is 0.353. The second-order valence-electron chi connectivity index (χ2n) is 5.54. The Balaban J connectivity index is 1.91. The number of benzene rings is 1. The summed E-state index contributed by atoms with van der Waals surface area (Å²) in [7, 11) is 1.92. The number of carbonyl (C=O) groups is 2. The molecule has 0 fully saturated rings. The highest BCUT2D eigenvalue weighted by Crippen LogP contribution is 2.12. The van der Waals surface area contributed by atoms with Crippen molar-refractivity contribution < 1.29 is 9.59 Å². The molecule has 2 rings (SSSR count). The van der Waals surface area contributed by atoms with E-state index in [1.807, 2.05) is 25.6 Å². The number of hydrogen-bond acceptors (Lipinski definition) is 3. The molecule has 122 valence electrons. The molecular formula is C17H22N4O2. The monoisotopic (exact) mass is 314 g/mol. The maximum absolute atomic E-state index is 12.1. The van der Waals surface area contributed by atoms with Crippen molar-refractivity contribution in [1.82, 2.24) is 15.1 Å². The number of aromatic nitrogens is 2. The summed E-state index contributed by atoms with van der Waals surface area (Å²) < 4.78 is 1.85. The Kier molecular flexibility index (Phi) is 5.16. The van der Waals surface area contributed by atoms with Crippen LogP contribution in [0.1, 0.15) is 34.2 Å². The van der Waals surface area contributed by atoms with Crippen LogP contribution in [0.2, 0.25) is 0 Å². The SMILES string of the molecule is CC(=O)Nc1ccc(C(=O)NCCc2c(C)nn(C)c2C)cc1. The van der Waals surface area contributed by atoms with E-state index in [-0.39, 0.29) is 11.8 Å². The summed E-state index contributed by atoms with van der Waals surface area (Å²) in [6, 6.07) is 6.82. The van der Waals surface area contributed by atoms with Crippen LogP contribution in [0.15, 0.2) is 24.3 Å². The highest BCUT2D eigenvalue weighted by atomic mass is 16.2. The van der Waals surface area contributed by atoms with Gasteiger partial charge in [0.25, 0.3) is 5.91 Å². The average Bonchev–Trinajstić information content (AvgIpc) is 2.73. The van der Waals surface area contributed by atoms with Crippen molar-refractivity contribution in [3.05, 3.63) is 46.8 Å². The van der Waals surface area contributed by atoms with Gasteiger partial charge in [0.05, 0.1) is 5.69 Å². The van der Waals surface area contributed by atoms with Gasteiger partial charge in [-0.2, -0.15) is 5.10 Å². The van der Waals surface area contributed by atoms with Gasteiger partial charge < -0.3 is 10.6 Å². The third-order valence-corrected chi connectivity index (χ3v) is 3.79. The Morgan fingerprint density at radius 1 is 1.17 bits per heavy atom. The summed E-state index contributed by atoms with van der Waals surface area (Å²) in [5.74, 6) is -0.261. The van der Waals surface area contributed by atoms with Gasteiger partial charge in [-0.1, -0.05) is 0 Å². The van der Waals surface area contributed by atoms with Crippen LogP contribution in [0.3, 0.4) is 0 Å². The molecular weight excluding hydrogens is 292 g/mol. The molecule has 0 aliphatic heterocycles. The molecule has 23 heavy (non-hydrogen) atoms. The zero-order valence-corrected chi connectivity index (χ0v) is 13.9. The molecule has 2 amide bonds. The highest BCUT2D eigenvalue weighted by Gasteiger charge is 2.10. The van der Waals surface area contributed by atoms with Crippen LogP contribution in [0.4, 0.5) is 5.69 Å². The average molecular weight is 314 g/mol. The molecule has 0 unspecified atom stereocenters. The van der Waals surface area contributed by atoms with Crippen LogP contribution >= 0.6 is 0 Å². The second kappa shape index (κ2) is 7.09. The molecule has 0 spiro atoms. The molecule has 0 atom stereocenters. The fourth-order valence-corrected chi connectivity index (χ4v) is 2.49. The van der Waals surface area contributed by atoms with Crippen LogP contribution in [0.5, 0.6) is 0 Å². The minimum atomic E-state index is -0.135. The highest BCUT2D eigenvalue weighted by molar-refractivity contribution is 5.95. The van der Waals surface area contributed by atoms with Gasteiger partial charge in [0, 0.05) is 37.5 Å². The van der Waals surface area contributed by atoms with Crippen molar-refractivity contribution in [1.29, 1.82) is 0 Å². The Morgan fingerprint density at radius 3 is 2.35 bits per heavy atom. The van der Waals surface area contributed by atoms with Crippen LogP contribution in [0, 0.1) is 13.8 Å². The summed E-state index contributed by atoms with van der Waals surface area (Å²) in [6.45, 7) is 6.01. The molecule has 6 nitrogen and oxygen atoms in total. The molecule has 2 aromatic rings. The molecule has 0 aliphatic rings. The molecule has 2 N–H and O–H groups in total. The van der Waals surface area contributed by atoms with E-state index in [4.69, 9.17) is 0 Å². The van der Waals surface area contributed by atoms with Gasteiger partial charge in [-0.25, -0.2) is 0 Å². The van der Waals surface area contributed by atoms with Gasteiger partial charge >= 0.3 is 0 Å². The van der Waals surface area contributed by atoms with E-state index in [0.717, 1.165) is 17.8 Å². The number of nitrogens with one attached hydrogen (secondary N) is 2. The van der Waals surface area contributed by atoms with Crippen molar-refractivity contribution in [2.24, 2.45) is 7.05 Å². The molecule has 0 bridgehead atoms. The van der Waals surface area contributed by atoms with Crippen molar-refractivity contribution >= 4 is 17.5 Å². The maximum atomic E-state index is 12.1. The molecule has 0 saturated carbocycles. The number of aryl methyl sites for hydroxylation is 2. The largest absolute Gasteiger partial charge is 0.352 e. The van der Waals surface area contributed by atoms with E-state index in [9.17, 15) is 9.59 Å². The molecule has 0 radical (unpaired) electrons. The first-order chi connectivity index (χ1) is 10.9. The topological polar surface area (TPSA) is 76.0 Å². The van der Waals surface area contributed by atoms with Crippen LogP contribution < -0.4 is 10.6 Å². The lowest BCUT2D eigenvalue weighted by Gasteiger charge is -2.07. The molecule has 6 heteroatoms. The number of amides is 2. The van der Waals surface area contributed by atoms with Crippen molar-refractivity contribution in [3.63, 3.8) is 0 Å². The lowest BCUT2D eigenvalue weighted by atomic mass is 10.1. The van der Waals surface area contributed by atoms with E-state index < -0.39 is 0 Å². The predicted octanol–water partition coefficient (Wildman–Crippen LogP) is 1.97. The van der Waals surface area contributed by atoms with E-state index in [0.29, 0.717) is 17.8 Å². The second-order valence-corrected chi connectivity index (χ2v) is 5.54. The summed E-state index contributed by atoms with van der Waals surface area (Å²) >= 11 is 0. The number of carbonyl (C=O) groups excluding carboxylic acids is 2. The van der Waals surface area contributed by atoms with Crippen LogP contribution in [-0.4, -0.2) is 28.1 Å². The van der Waals surface area contributed by atoms with Crippen LogP contribution in [-0.2, 0) is 18.3 Å². The number of nitrogens with zero attached hydrogens (tertiary/aromatic N) is 2. The summed E-state index contributed by atoms with van der Waals surface area (Å²) in [6.07, 6.45) is 0.751. The van der Waals surface area contributed by atoms with Crippen molar-refractivity contribution in [2.45, 2.75) is 27.2 Å². The molecule has 0 saturated heterocycles. The minimum absolute atomic E-state index is 0.126. The summed E-state index contributed by atoms with van der Waals surface area (Å²) in [4.78, 5) is 23.1. The van der Waals surface area contributed by atoms with Gasteiger partial charge in [-0.3, -0.25) is 14.3 Å². The number of anilines is 1. The van der Waals surface area contributed by atoms with E-state index in [1.165, 1.54) is 12.5 Å². The lowest BCUT2D eigenvalue weighted by molar-refractivity contribution is -0.114. The number of hydrogen-bond donors (Lipinski definition) is 2. The predicted molar refractivity (Wildman–Crippen MR) is 89.5 cm³/mol. The first-order valence-electron chi connectivity index (χ1n) is 7.53. The Labute approximate surface area is 135 Å². The first kappa shape index (κ1) is 16.7. The Hall–Kier alpha value is -2.63. The van der Waals surface area contributed by atoms with Gasteiger partial charge in [0.2, 0.25) is 5.91 Å². The van der Waals surface area contributed by atoms with E-state index >= 15 is 0 Å². The Morgan fingerprint density at radius 2 is 1.83 bits per heavy atom. The maximum Gasteiger partial charge on any atom is 0.251 e. The third-order valence-electron chi connectivity index (χ3n) is 3.79. The minimum Gasteiger partial charge on any atom is -0.352 e. The zero-order chi connectivity index (χ0) is 17.0. The standard InChI is InChI=1S/C17H22N4O2/c1-11-16(12(2)21(4)20-11)9-10-18-17(23)14-5-7-15(8-6-14)19-13(3)22/h5-8H,9-10H2,1-4H3,(H,18,23)(H,19,22). The zero-order valence-electron chi connectivity index (χ0n) is 13.9. The Bertz CT molecular complexity index is 717. The van der Waals surface area contributed by atoms with Gasteiger partial charge in [0.1, 0.15) is 0 Å². The smallest absolute Gasteiger partial charge is 0.251 e. The summed E-state index contributed by atoms with van der Waals surface area (Å²) in [5, 5.41) is 9.95. The van der Waals surface area contributed by atoms with E-state index in [1.54, 1.807) is 24.3 Å².